The Bertz CT molecular complexity index is 511. The molecular formula is C17H25NO5. The summed E-state index contributed by atoms with van der Waals surface area (Å²) in [6, 6.07) is 9.11. The summed E-state index contributed by atoms with van der Waals surface area (Å²) in [6.07, 6.45) is -0.919. The summed E-state index contributed by atoms with van der Waals surface area (Å²) in [5, 5.41) is 2.75. The fourth-order valence-corrected chi connectivity index (χ4v) is 2.09. The quantitative estimate of drug-likeness (QED) is 0.617. The van der Waals surface area contributed by atoms with Crippen LogP contribution in [0.5, 0.6) is 0 Å². The molecule has 1 aromatic carbocycles. The Hall–Kier alpha value is -1.92. The Morgan fingerprint density at radius 3 is 2.30 bits per heavy atom. The van der Waals surface area contributed by atoms with Crippen molar-refractivity contribution in [3.63, 3.8) is 0 Å². The lowest BCUT2D eigenvalue weighted by Crippen LogP contribution is -2.54. The molecule has 0 unspecified atom stereocenters. The highest BCUT2D eigenvalue weighted by Crippen LogP contribution is 2.27. The number of amides is 1. The van der Waals surface area contributed by atoms with Gasteiger partial charge in [0.15, 0.2) is 6.29 Å². The molecule has 0 spiro atoms. The van der Waals surface area contributed by atoms with Crippen LogP contribution in [0.3, 0.4) is 0 Å². The lowest BCUT2D eigenvalue weighted by atomic mass is 9.87. The van der Waals surface area contributed by atoms with Crippen LogP contribution in [-0.2, 0) is 24.5 Å². The zero-order valence-electron chi connectivity index (χ0n) is 14.3. The first-order valence-corrected chi connectivity index (χ1v) is 7.35. The van der Waals surface area contributed by atoms with Crippen molar-refractivity contribution in [3.8, 4) is 0 Å². The van der Waals surface area contributed by atoms with Gasteiger partial charge in [-0.2, -0.15) is 0 Å². The minimum Gasteiger partial charge on any atom is -0.444 e. The standard InChI is InChI=1S/C17H25NO5/c1-16(2,3)23-15(20)18-17(4,13-9-7-6-8-10-13)14(11-19)22-12-21-5/h6-11,14H,12H2,1-5H3,(H,18,20)/t14-,17-/m1/s1. The molecule has 0 aromatic heterocycles. The van der Waals surface area contributed by atoms with Crippen LogP contribution in [-0.4, -0.2) is 38.0 Å². The Kier molecular flexibility index (Phi) is 6.72. The van der Waals surface area contributed by atoms with E-state index < -0.39 is 23.3 Å². The number of aldehydes is 1. The molecule has 0 aliphatic rings. The summed E-state index contributed by atoms with van der Waals surface area (Å²) in [6.45, 7) is 6.95. The highest BCUT2D eigenvalue weighted by Gasteiger charge is 2.39. The topological polar surface area (TPSA) is 73.9 Å². The monoisotopic (exact) mass is 323 g/mol. The van der Waals surface area contributed by atoms with Gasteiger partial charge in [0.05, 0.1) is 5.54 Å². The Balaban J connectivity index is 3.10. The van der Waals surface area contributed by atoms with Gasteiger partial charge < -0.3 is 24.3 Å². The fraction of sp³-hybridized carbons (Fsp3) is 0.529. The molecule has 2 atom stereocenters. The average molecular weight is 323 g/mol. The lowest BCUT2D eigenvalue weighted by molar-refractivity contribution is -0.137. The zero-order valence-corrected chi connectivity index (χ0v) is 14.3. The molecule has 1 rings (SSSR count). The van der Waals surface area contributed by atoms with E-state index in [1.54, 1.807) is 27.7 Å². The molecule has 1 N–H and O–H groups in total. The Morgan fingerprint density at radius 2 is 1.83 bits per heavy atom. The predicted molar refractivity (Wildman–Crippen MR) is 86.0 cm³/mol. The van der Waals surface area contributed by atoms with Crippen LogP contribution in [0.1, 0.15) is 33.3 Å². The van der Waals surface area contributed by atoms with Gasteiger partial charge in [0, 0.05) is 7.11 Å². The molecule has 23 heavy (non-hydrogen) atoms. The van der Waals surface area contributed by atoms with Gasteiger partial charge in [-0.1, -0.05) is 30.3 Å². The minimum atomic E-state index is -1.09. The number of rotatable bonds is 7. The summed E-state index contributed by atoms with van der Waals surface area (Å²) in [5.74, 6) is 0. The lowest BCUT2D eigenvalue weighted by Gasteiger charge is -2.36. The number of alkyl carbamates (subject to hydrolysis) is 1. The molecule has 0 saturated carbocycles. The number of benzene rings is 1. The van der Waals surface area contributed by atoms with Crippen LogP contribution in [0, 0.1) is 0 Å². The van der Waals surface area contributed by atoms with Gasteiger partial charge in [0.25, 0.3) is 0 Å². The third-order valence-electron chi connectivity index (χ3n) is 3.19. The van der Waals surface area contributed by atoms with Gasteiger partial charge in [0.1, 0.15) is 18.5 Å². The molecule has 0 fully saturated rings. The fourth-order valence-electron chi connectivity index (χ4n) is 2.09. The van der Waals surface area contributed by atoms with Crippen molar-refractivity contribution in [1.29, 1.82) is 0 Å². The van der Waals surface area contributed by atoms with Crippen molar-refractivity contribution >= 4 is 12.4 Å². The number of hydrogen-bond acceptors (Lipinski definition) is 5. The Morgan fingerprint density at radius 1 is 1.22 bits per heavy atom. The van der Waals surface area contributed by atoms with E-state index in [9.17, 15) is 9.59 Å². The number of methoxy groups -OCH3 is 1. The summed E-state index contributed by atoms with van der Waals surface area (Å²) in [5.41, 5.74) is -1.02. The maximum Gasteiger partial charge on any atom is 0.408 e. The largest absolute Gasteiger partial charge is 0.444 e. The molecule has 128 valence electrons. The van der Waals surface area contributed by atoms with Crippen LogP contribution in [0.4, 0.5) is 4.79 Å². The van der Waals surface area contributed by atoms with Crippen molar-refractivity contribution < 1.29 is 23.8 Å². The third-order valence-corrected chi connectivity index (χ3v) is 3.19. The SMILES string of the molecule is COCO[C@H](C=O)[C@](C)(NC(=O)OC(C)(C)C)c1ccccc1. The van der Waals surface area contributed by atoms with E-state index in [2.05, 4.69) is 5.32 Å². The first-order valence-electron chi connectivity index (χ1n) is 7.35. The molecule has 1 aromatic rings. The van der Waals surface area contributed by atoms with Gasteiger partial charge >= 0.3 is 6.09 Å². The van der Waals surface area contributed by atoms with Crippen LogP contribution in [0.25, 0.3) is 0 Å². The minimum absolute atomic E-state index is 0.0676. The number of ether oxygens (including phenoxy) is 3. The van der Waals surface area contributed by atoms with E-state index in [1.807, 2.05) is 30.3 Å². The number of carbonyl (C=O) groups is 2. The second-order valence-corrected chi connectivity index (χ2v) is 6.33. The van der Waals surface area contributed by atoms with Crippen molar-refractivity contribution in [3.05, 3.63) is 35.9 Å². The maximum absolute atomic E-state index is 12.2. The molecule has 0 aliphatic heterocycles. The van der Waals surface area contributed by atoms with Crippen molar-refractivity contribution in [2.24, 2.45) is 0 Å². The summed E-state index contributed by atoms with van der Waals surface area (Å²) >= 11 is 0. The third kappa shape index (κ3) is 5.65. The second kappa shape index (κ2) is 8.08. The van der Waals surface area contributed by atoms with Gasteiger partial charge in [0.2, 0.25) is 0 Å². The Labute approximate surface area is 137 Å². The average Bonchev–Trinajstić information content (AvgIpc) is 2.46. The van der Waals surface area contributed by atoms with Crippen LogP contribution >= 0.6 is 0 Å². The number of hydrogen-bond donors (Lipinski definition) is 1. The predicted octanol–water partition coefficient (Wildman–Crippen LogP) is 2.61. The second-order valence-electron chi connectivity index (χ2n) is 6.33. The normalized spacial score (nSPS) is 15.3. The summed E-state index contributed by atoms with van der Waals surface area (Å²) in [4.78, 5) is 23.7. The van der Waals surface area contributed by atoms with Gasteiger partial charge in [-0.05, 0) is 33.3 Å². The van der Waals surface area contributed by atoms with Crippen molar-refractivity contribution in [2.75, 3.05) is 13.9 Å². The maximum atomic E-state index is 12.2. The van der Waals surface area contributed by atoms with E-state index in [1.165, 1.54) is 7.11 Å². The molecule has 6 heteroatoms. The van der Waals surface area contributed by atoms with Crippen LogP contribution in [0.2, 0.25) is 0 Å². The first kappa shape index (κ1) is 19.1. The molecule has 6 nitrogen and oxygen atoms in total. The molecule has 0 bridgehead atoms. The van der Waals surface area contributed by atoms with E-state index in [4.69, 9.17) is 14.2 Å². The van der Waals surface area contributed by atoms with Gasteiger partial charge in [-0.3, -0.25) is 0 Å². The van der Waals surface area contributed by atoms with Crippen molar-refractivity contribution in [1.82, 2.24) is 5.32 Å². The van der Waals surface area contributed by atoms with Crippen LogP contribution < -0.4 is 5.32 Å². The molecule has 0 heterocycles. The van der Waals surface area contributed by atoms with E-state index in [-0.39, 0.29) is 6.79 Å². The smallest absolute Gasteiger partial charge is 0.408 e. The number of nitrogens with one attached hydrogen (secondary N) is 1. The zero-order chi connectivity index (χ0) is 17.5. The van der Waals surface area contributed by atoms with Gasteiger partial charge in [-0.25, -0.2) is 4.79 Å². The van der Waals surface area contributed by atoms with Crippen LogP contribution in [0.15, 0.2) is 30.3 Å². The van der Waals surface area contributed by atoms with E-state index in [0.717, 1.165) is 5.56 Å². The number of carbonyl (C=O) groups excluding carboxylic acids is 2. The highest BCUT2D eigenvalue weighted by atomic mass is 16.7. The molecule has 1 amide bonds. The molecule has 0 aliphatic carbocycles. The first-order chi connectivity index (χ1) is 10.7. The molecule has 0 radical (unpaired) electrons. The summed E-state index contributed by atoms with van der Waals surface area (Å²) < 4.78 is 15.6. The highest BCUT2D eigenvalue weighted by molar-refractivity contribution is 5.71. The summed E-state index contributed by atoms with van der Waals surface area (Å²) in [7, 11) is 1.46. The molecule has 0 saturated heterocycles. The van der Waals surface area contributed by atoms with Crippen molar-refractivity contribution in [2.45, 2.75) is 44.9 Å². The van der Waals surface area contributed by atoms with E-state index in [0.29, 0.717) is 6.29 Å². The molecular weight excluding hydrogens is 298 g/mol. The van der Waals surface area contributed by atoms with E-state index >= 15 is 0 Å². The van der Waals surface area contributed by atoms with Gasteiger partial charge in [-0.15, -0.1) is 0 Å².